The third kappa shape index (κ3) is 3.80. The molecule has 4 heterocycles. The van der Waals surface area contributed by atoms with Gasteiger partial charge in [0.2, 0.25) is 5.95 Å². The first-order valence-electron chi connectivity index (χ1n) is 13.5. The van der Waals surface area contributed by atoms with E-state index < -0.39 is 0 Å². The van der Waals surface area contributed by atoms with Gasteiger partial charge in [-0.25, -0.2) is 9.97 Å². The van der Waals surface area contributed by atoms with Crippen molar-refractivity contribution in [2.45, 2.75) is 43.6 Å². The zero-order valence-corrected chi connectivity index (χ0v) is 21.6. The fraction of sp³-hybridized carbons (Fsp3) is 0.483. The predicted octanol–water partition coefficient (Wildman–Crippen LogP) is 2.16. The van der Waals surface area contributed by atoms with Gasteiger partial charge in [0.05, 0.1) is 17.5 Å². The van der Waals surface area contributed by atoms with Gasteiger partial charge >= 0.3 is 0 Å². The van der Waals surface area contributed by atoms with Crippen LogP contribution in [0.15, 0.2) is 36.4 Å². The molecule has 3 aliphatic heterocycles. The minimum Gasteiger partial charge on any atom is -0.338 e. The van der Waals surface area contributed by atoms with E-state index in [1.54, 1.807) is 0 Å². The number of hydrogen-bond acceptors (Lipinski definition) is 8. The lowest BCUT2D eigenvalue weighted by Crippen LogP contribution is -2.58. The van der Waals surface area contributed by atoms with Gasteiger partial charge in [0.25, 0.3) is 0 Å². The Morgan fingerprint density at radius 2 is 1.92 bits per heavy atom. The molecule has 37 heavy (non-hydrogen) atoms. The van der Waals surface area contributed by atoms with E-state index in [0.717, 1.165) is 75.1 Å². The number of benzene rings is 2. The molecule has 1 aromatic heterocycles. The van der Waals surface area contributed by atoms with Crippen molar-refractivity contribution in [1.29, 1.82) is 5.26 Å². The van der Waals surface area contributed by atoms with E-state index in [1.165, 1.54) is 21.9 Å². The number of fused-ring (bicyclic) bond motifs is 1. The van der Waals surface area contributed by atoms with Crippen LogP contribution in [-0.2, 0) is 19.5 Å². The summed E-state index contributed by atoms with van der Waals surface area (Å²) >= 11 is 0. The van der Waals surface area contributed by atoms with Crippen LogP contribution >= 0.6 is 0 Å². The van der Waals surface area contributed by atoms with E-state index >= 15 is 0 Å². The summed E-state index contributed by atoms with van der Waals surface area (Å²) in [5, 5.41) is 20.1. The highest BCUT2D eigenvalue weighted by Gasteiger charge is 2.39. The Kier molecular flexibility index (Phi) is 5.63. The Balaban J connectivity index is 1.24. The number of hydrogen-bond donors (Lipinski definition) is 2. The zero-order valence-electron chi connectivity index (χ0n) is 21.6. The third-order valence-electron chi connectivity index (χ3n) is 8.85. The van der Waals surface area contributed by atoms with Crippen molar-refractivity contribution in [1.82, 2.24) is 30.4 Å². The molecule has 0 amide bonds. The van der Waals surface area contributed by atoms with Gasteiger partial charge in [0, 0.05) is 69.5 Å². The minimum atomic E-state index is -0.307. The highest BCUT2D eigenvalue weighted by molar-refractivity contribution is 5.91. The summed E-state index contributed by atoms with van der Waals surface area (Å²) in [5.41, 5.74) is 6.04. The molecule has 2 N–H and O–H groups in total. The minimum absolute atomic E-state index is 0.0510. The quantitative estimate of drug-likeness (QED) is 0.559. The smallest absolute Gasteiger partial charge is 0.226 e. The van der Waals surface area contributed by atoms with Gasteiger partial charge in [-0.15, -0.1) is 0 Å². The molecule has 7 rings (SSSR count). The van der Waals surface area contributed by atoms with E-state index in [2.05, 4.69) is 81.9 Å². The molecule has 8 nitrogen and oxygen atoms in total. The fourth-order valence-corrected chi connectivity index (χ4v) is 6.65. The Morgan fingerprint density at radius 1 is 1.08 bits per heavy atom. The molecular weight excluding hydrogens is 460 g/mol. The van der Waals surface area contributed by atoms with Crippen molar-refractivity contribution in [2.75, 3.05) is 51.7 Å². The number of piperazine rings is 1. The topological polar surface area (TPSA) is 83.3 Å². The van der Waals surface area contributed by atoms with Crippen LogP contribution in [0.1, 0.15) is 40.0 Å². The molecule has 190 valence electrons. The molecule has 0 bridgehead atoms. The van der Waals surface area contributed by atoms with Crippen LogP contribution < -0.4 is 15.5 Å². The van der Waals surface area contributed by atoms with E-state index in [1.807, 2.05) is 0 Å². The van der Waals surface area contributed by atoms with Crippen LogP contribution in [-0.4, -0.2) is 78.7 Å². The second kappa shape index (κ2) is 9.03. The van der Waals surface area contributed by atoms with Crippen LogP contribution in [0.25, 0.3) is 10.8 Å². The van der Waals surface area contributed by atoms with E-state index in [4.69, 9.17) is 9.97 Å². The predicted molar refractivity (Wildman–Crippen MR) is 144 cm³/mol. The Bertz CT molecular complexity index is 1380. The highest BCUT2D eigenvalue weighted by atomic mass is 15.4. The first-order chi connectivity index (χ1) is 18.1. The van der Waals surface area contributed by atoms with Crippen LogP contribution in [0, 0.1) is 11.3 Å². The first kappa shape index (κ1) is 23.1. The number of nitriles is 1. The summed E-state index contributed by atoms with van der Waals surface area (Å²) in [6, 6.07) is 16.9. The average Bonchev–Trinajstić information content (AvgIpc) is 3.47. The van der Waals surface area contributed by atoms with E-state index in [-0.39, 0.29) is 12.0 Å². The number of likely N-dealkylation sites (N-methyl/N-ethyl adjacent to an activating group) is 1. The molecule has 2 saturated heterocycles. The molecule has 0 radical (unpaired) electrons. The van der Waals surface area contributed by atoms with Crippen LogP contribution in [0.4, 0.5) is 5.95 Å². The second-order valence-electron chi connectivity index (χ2n) is 11.2. The number of nitrogens with zero attached hydrogens (tertiary/aromatic N) is 6. The standard InChI is InChI=1S/C29H34N8/c1-35(2)20-14-37(15-20)29-33-25-17-36(26-11-19-7-3-5-18-6-4-8-21(26)27(18)19)16-23(25)28(34-29)22(12-30)24-13-31-9-10-32-24/h3-8,20,22,24,26,31-32H,9-11,13-17H2,1-2H3/t22?,24?,26-/m1/s1. The average molecular weight is 495 g/mol. The van der Waals surface area contributed by atoms with Crippen molar-refractivity contribution in [3.05, 3.63) is 64.5 Å². The van der Waals surface area contributed by atoms with Gasteiger partial charge in [-0.2, -0.15) is 5.26 Å². The van der Waals surface area contributed by atoms with Gasteiger partial charge < -0.3 is 20.4 Å². The maximum absolute atomic E-state index is 10.4. The van der Waals surface area contributed by atoms with Crippen molar-refractivity contribution in [3.63, 3.8) is 0 Å². The van der Waals surface area contributed by atoms with Crippen molar-refractivity contribution < 1.29 is 0 Å². The largest absolute Gasteiger partial charge is 0.338 e. The molecular formula is C29H34N8. The lowest BCUT2D eigenvalue weighted by Gasteiger charge is -2.43. The summed E-state index contributed by atoms with van der Waals surface area (Å²) < 4.78 is 0. The lowest BCUT2D eigenvalue weighted by molar-refractivity contribution is 0.203. The molecule has 0 saturated carbocycles. The molecule has 2 unspecified atom stereocenters. The number of anilines is 1. The van der Waals surface area contributed by atoms with Crippen molar-refractivity contribution >= 4 is 16.7 Å². The summed E-state index contributed by atoms with van der Waals surface area (Å²) in [6.07, 6.45) is 1.02. The van der Waals surface area contributed by atoms with Gasteiger partial charge in [0.1, 0.15) is 5.92 Å². The maximum Gasteiger partial charge on any atom is 0.226 e. The molecule has 8 heteroatoms. The molecule has 1 aliphatic carbocycles. The molecule has 2 fully saturated rings. The van der Waals surface area contributed by atoms with Gasteiger partial charge in [-0.3, -0.25) is 4.90 Å². The number of aromatic nitrogens is 2. The van der Waals surface area contributed by atoms with Crippen molar-refractivity contribution in [3.8, 4) is 6.07 Å². The fourth-order valence-electron chi connectivity index (χ4n) is 6.65. The third-order valence-corrected chi connectivity index (χ3v) is 8.85. The summed E-state index contributed by atoms with van der Waals surface area (Å²) in [5.74, 6) is 0.480. The summed E-state index contributed by atoms with van der Waals surface area (Å²) in [7, 11) is 4.25. The van der Waals surface area contributed by atoms with Crippen LogP contribution in [0.2, 0.25) is 0 Å². The van der Waals surface area contributed by atoms with Gasteiger partial charge in [-0.05, 0) is 42.4 Å². The van der Waals surface area contributed by atoms with E-state index in [9.17, 15) is 5.26 Å². The number of nitrogens with one attached hydrogen (secondary N) is 2. The van der Waals surface area contributed by atoms with Crippen molar-refractivity contribution in [2.24, 2.45) is 0 Å². The molecule has 2 aromatic carbocycles. The SMILES string of the molecule is CN(C)C1CN(c2nc3c(c(C(C#N)C4CNCCN4)n2)CN([C@@H]2Cc4cccc5cccc2c45)C3)C1. The Labute approximate surface area is 218 Å². The zero-order chi connectivity index (χ0) is 25.1. The molecule has 0 spiro atoms. The first-order valence-corrected chi connectivity index (χ1v) is 13.5. The lowest BCUT2D eigenvalue weighted by atomic mass is 9.92. The van der Waals surface area contributed by atoms with E-state index in [0.29, 0.717) is 12.1 Å². The van der Waals surface area contributed by atoms with Gasteiger partial charge in [-0.1, -0.05) is 36.4 Å². The molecule has 3 atom stereocenters. The summed E-state index contributed by atoms with van der Waals surface area (Å²) in [6.45, 7) is 6.02. The normalized spacial score (nSPS) is 24.3. The maximum atomic E-state index is 10.4. The van der Waals surface area contributed by atoms with Crippen LogP contribution in [0.3, 0.4) is 0 Å². The highest BCUT2D eigenvalue weighted by Crippen LogP contribution is 2.44. The molecule has 3 aromatic rings. The second-order valence-corrected chi connectivity index (χ2v) is 11.2. The Morgan fingerprint density at radius 3 is 2.68 bits per heavy atom. The number of rotatable bonds is 5. The van der Waals surface area contributed by atoms with Crippen LogP contribution in [0.5, 0.6) is 0 Å². The summed E-state index contributed by atoms with van der Waals surface area (Å²) in [4.78, 5) is 17.3. The molecule has 4 aliphatic rings. The monoisotopic (exact) mass is 494 g/mol. The Hall–Kier alpha value is -3.09. The van der Waals surface area contributed by atoms with Gasteiger partial charge in [0.15, 0.2) is 0 Å².